The second-order valence-electron chi connectivity index (χ2n) is 7.40. The number of hydrogen-bond acceptors (Lipinski definition) is 2. The standard InChI is InChI=1S/C18H28N2/c1-18(2)10-5-11-20(14-18)13-16-7-4-3-6-15(16)12-19-17-8-9-17/h3-4,6-7,17,19H,5,8-14H2,1-2H3. The maximum Gasteiger partial charge on any atom is 0.0237 e. The Balaban J connectivity index is 1.63. The fraction of sp³-hybridized carbons (Fsp3) is 0.667. The van der Waals surface area contributed by atoms with Gasteiger partial charge in [-0.05, 0) is 48.8 Å². The van der Waals surface area contributed by atoms with Gasteiger partial charge in [-0.2, -0.15) is 0 Å². The Hall–Kier alpha value is -0.860. The number of benzene rings is 1. The highest BCUT2D eigenvalue weighted by molar-refractivity contribution is 5.27. The molecule has 1 heterocycles. The number of nitrogens with zero attached hydrogens (tertiary/aromatic N) is 1. The van der Waals surface area contributed by atoms with E-state index >= 15 is 0 Å². The molecule has 2 nitrogen and oxygen atoms in total. The maximum absolute atomic E-state index is 3.65. The minimum absolute atomic E-state index is 0.486. The van der Waals surface area contributed by atoms with Gasteiger partial charge in [0.15, 0.2) is 0 Å². The molecule has 20 heavy (non-hydrogen) atoms. The van der Waals surface area contributed by atoms with Crippen LogP contribution in [-0.2, 0) is 13.1 Å². The highest BCUT2D eigenvalue weighted by Gasteiger charge is 2.26. The first-order chi connectivity index (χ1) is 9.62. The van der Waals surface area contributed by atoms with Crippen molar-refractivity contribution < 1.29 is 0 Å². The number of hydrogen-bond donors (Lipinski definition) is 1. The van der Waals surface area contributed by atoms with Gasteiger partial charge in [-0.3, -0.25) is 4.90 Å². The summed E-state index contributed by atoms with van der Waals surface area (Å²) in [6.45, 7) is 9.45. The Morgan fingerprint density at radius 2 is 1.95 bits per heavy atom. The minimum Gasteiger partial charge on any atom is -0.310 e. The molecule has 1 saturated carbocycles. The largest absolute Gasteiger partial charge is 0.310 e. The van der Waals surface area contributed by atoms with Crippen LogP contribution in [0.4, 0.5) is 0 Å². The van der Waals surface area contributed by atoms with E-state index in [9.17, 15) is 0 Å². The molecule has 0 amide bonds. The Labute approximate surface area is 123 Å². The second kappa shape index (κ2) is 5.87. The summed E-state index contributed by atoms with van der Waals surface area (Å²) in [4.78, 5) is 2.64. The quantitative estimate of drug-likeness (QED) is 0.881. The van der Waals surface area contributed by atoms with E-state index in [2.05, 4.69) is 48.3 Å². The lowest BCUT2D eigenvalue weighted by Crippen LogP contribution is -2.39. The number of piperidine rings is 1. The van der Waals surface area contributed by atoms with E-state index in [0.29, 0.717) is 5.41 Å². The maximum atomic E-state index is 3.65. The zero-order valence-electron chi connectivity index (χ0n) is 13.0. The first kappa shape index (κ1) is 14.1. The van der Waals surface area contributed by atoms with Crippen molar-refractivity contribution in [2.45, 2.75) is 58.7 Å². The molecule has 0 bridgehead atoms. The average molecular weight is 272 g/mol. The average Bonchev–Trinajstić information content (AvgIpc) is 3.21. The van der Waals surface area contributed by atoms with E-state index in [1.54, 1.807) is 0 Å². The molecule has 0 spiro atoms. The molecule has 1 saturated heterocycles. The van der Waals surface area contributed by atoms with Crippen LogP contribution in [0.3, 0.4) is 0 Å². The summed E-state index contributed by atoms with van der Waals surface area (Å²) < 4.78 is 0. The summed E-state index contributed by atoms with van der Waals surface area (Å²) in [5.74, 6) is 0. The molecule has 110 valence electrons. The zero-order valence-corrected chi connectivity index (χ0v) is 13.0. The van der Waals surface area contributed by atoms with Gasteiger partial charge in [0.25, 0.3) is 0 Å². The fourth-order valence-corrected chi connectivity index (χ4v) is 3.35. The van der Waals surface area contributed by atoms with E-state index in [1.165, 1.54) is 49.9 Å². The van der Waals surface area contributed by atoms with E-state index in [-0.39, 0.29) is 0 Å². The van der Waals surface area contributed by atoms with Gasteiger partial charge in [-0.1, -0.05) is 38.1 Å². The number of rotatable bonds is 5. The molecule has 0 radical (unpaired) electrons. The Morgan fingerprint density at radius 3 is 2.65 bits per heavy atom. The van der Waals surface area contributed by atoms with Gasteiger partial charge in [-0.15, -0.1) is 0 Å². The lowest BCUT2D eigenvalue weighted by Gasteiger charge is -2.38. The van der Waals surface area contributed by atoms with Crippen LogP contribution >= 0.6 is 0 Å². The van der Waals surface area contributed by atoms with E-state index < -0.39 is 0 Å². The third-order valence-electron chi connectivity index (χ3n) is 4.65. The van der Waals surface area contributed by atoms with Gasteiger partial charge in [0.05, 0.1) is 0 Å². The molecule has 1 aromatic carbocycles. The molecule has 3 rings (SSSR count). The van der Waals surface area contributed by atoms with E-state index in [4.69, 9.17) is 0 Å². The third kappa shape index (κ3) is 3.83. The van der Waals surface area contributed by atoms with E-state index in [1.807, 2.05) is 0 Å². The van der Waals surface area contributed by atoms with Crippen LogP contribution in [0.15, 0.2) is 24.3 Å². The van der Waals surface area contributed by atoms with Crippen molar-refractivity contribution in [3.63, 3.8) is 0 Å². The van der Waals surface area contributed by atoms with Crippen LogP contribution in [-0.4, -0.2) is 24.0 Å². The molecule has 2 aliphatic rings. The zero-order chi connectivity index (χ0) is 14.0. The van der Waals surface area contributed by atoms with Gasteiger partial charge < -0.3 is 5.32 Å². The normalized spacial score (nSPS) is 22.9. The fourth-order valence-electron chi connectivity index (χ4n) is 3.35. The van der Waals surface area contributed by atoms with Crippen LogP contribution in [0.25, 0.3) is 0 Å². The molecule has 0 atom stereocenters. The molecule has 1 N–H and O–H groups in total. The van der Waals surface area contributed by atoms with Gasteiger partial charge in [0, 0.05) is 25.7 Å². The summed E-state index contributed by atoms with van der Waals surface area (Å²) in [7, 11) is 0. The lowest BCUT2D eigenvalue weighted by molar-refractivity contribution is 0.111. The first-order valence-electron chi connectivity index (χ1n) is 8.15. The monoisotopic (exact) mass is 272 g/mol. The summed E-state index contributed by atoms with van der Waals surface area (Å²) >= 11 is 0. The highest BCUT2D eigenvalue weighted by atomic mass is 15.1. The molecule has 2 heteroatoms. The van der Waals surface area contributed by atoms with Crippen molar-refractivity contribution in [1.82, 2.24) is 10.2 Å². The summed E-state index contributed by atoms with van der Waals surface area (Å²) in [6, 6.07) is 9.75. The highest BCUT2D eigenvalue weighted by Crippen LogP contribution is 2.29. The van der Waals surface area contributed by atoms with Gasteiger partial charge in [0.2, 0.25) is 0 Å². The predicted octanol–water partition coefficient (Wildman–Crippen LogP) is 3.56. The Bertz CT molecular complexity index is 448. The number of nitrogens with one attached hydrogen (secondary N) is 1. The number of likely N-dealkylation sites (tertiary alicyclic amines) is 1. The smallest absolute Gasteiger partial charge is 0.0237 e. The van der Waals surface area contributed by atoms with E-state index in [0.717, 1.165) is 19.1 Å². The van der Waals surface area contributed by atoms with Crippen LogP contribution in [0.5, 0.6) is 0 Å². The first-order valence-corrected chi connectivity index (χ1v) is 8.15. The molecular weight excluding hydrogens is 244 g/mol. The Morgan fingerprint density at radius 1 is 1.20 bits per heavy atom. The van der Waals surface area contributed by atoms with Crippen LogP contribution < -0.4 is 5.32 Å². The van der Waals surface area contributed by atoms with Crippen molar-refractivity contribution in [3.8, 4) is 0 Å². The van der Waals surface area contributed by atoms with Crippen molar-refractivity contribution >= 4 is 0 Å². The van der Waals surface area contributed by atoms with Crippen molar-refractivity contribution in [2.75, 3.05) is 13.1 Å². The topological polar surface area (TPSA) is 15.3 Å². The second-order valence-corrected chi connectivity index (χ2v) is 7.40. The van der Waals surface area contributed by atoms with Gasteiger partial charge in [-0.25, -0.2) is 0 Å². The molecule has 1 aliphatic carbocycles. The van der Waals surface area contributed by atoms with Gasteiger partial charge in [0.1, 0.15) is 0 Å². The molecule has 2 fully saturated rings. The molecule has 1 aliphatic heterocycles. The lowest BCUT2D eigenvalue weighted by atomic mass is 9.84. The third-order valence-corrected chi connectivity index (χ3v) is 4.65. The van der Waals surface area contributed by atoms with Crippen molar-refractivity contribution in [3.05, 3.63) is 35.4 Å². The van der Waals surface area contributed by atoms with Crippen LogP contribution in [0.2, 0.25) is 0 Å². The SMILES string of the molecule is CC1(C)CCCN(Cc2ccccc2CNC2CC2)C1. The molecule has 0 unspecified atom stereocenters. The summed E-state index contributed by atoms with van der Waals surface area (Å²) in [5, 5.41) is 3.65. The molecular formula is C18H28N2. The Kier molecular flexibility index (Phi) is 4.13. The van der Waals surface area contributed by atoms with Crippen LogP contribution in [0.1, 0.15) is 50.7 Å². The summed E-state index contributed by atoms with van der Waals surface area (Å²) in [6.07, 6.45) is 5.44. The minimum atomic E-state index is 0.486. The molecule has 0 aromatic heterocycles. The summed E-state index contributed by atoms with van der Waals surface area (Å²) in [5.41, 5.74) is 3.49. The van der Waals surface area contributed by atoms with Crippen molar-refractivity contribution in [2.24, 2.45) is 5.41 Å². The predicted molar refractivity (Wildman–Crippen MR) is 84.6 cm³/mol. The van der Waals surface area contributed by atoms with Gasteiger partial charge >= 0.3 is 0 Å². The van der Waals surface area contributed by atoms with Crippen LogP contribution in [0, 0.1) is 5.41 Å². The molecule has 1 aromatic rings. The van der Waals surface area contributed by atoms with Crippen molar-refractivity contribution in [1.29, 1.82) is 0 Å².